The third-order valence-corrected chi connectivity index (χ3v) is 6.02. The van der Waals surface area contributed by atoms with Gasteiger partial charge in [0.15, 0.2) is 0 Å². The summed E-state index contributed by atoms with van der Waals surface area (Å²) < 4.78 is 0.202. The summed E-state index contributed by atoms with van der Waals surface area (Å²) in [6.07, 6.45) is 6.57. The molecule has 2 atom stereocenters. The van der Waals surface area contributed by atoms with Gasteiger partial charge in [-0.05, 0) is 25.0 Å². The number of piperazine rings is 1. The Labute approximate surface area is 119 Å². The van der Waals surface area contributed by atoms with Crippen LogP contribution in [0.15, 0.2) is 0 Å². The molecule has 1 aliphatic carbocycles. The maximum Gasteiger partial charge on any atom is 0.245 e. The first-order valence-corrected chi connectivity index (χ1v) is 8.37. The molecule has 0 aromatic heterocycles. The first-order valence-electron chi connectivity index (χ1n) is 7.14. The number of carbonyl (C=O) groups is 2. The third kappa shape index (κ3) is 2.91. The van der Waals surface area contributed by atoms with Crippen molar-refractivity contribution in [3.63, 3.8) is 0 Å². The summed E-state index contributed by atoms with van der Waals surface area (Å²) in [6.45, 7) is 5.04. The first-order chi connectivity index (χ1) is 9.01. The Morgan fingerprint density at radius 3 is 2.63 bits per heavy atom. The fourth-order valence-electron chi connectivity index (χ4n) is 2.83. The Bertz CT molecular complexity index is 363. The lowest BCUT2D eigenvalue weighted by Gasteiger charge is -2.46. The van der Waals surface area contributed by atoms with E-state index in [0.29, 0.717) is 0 Å². The molecule has 5 heteroatoms. The third-order valence-electron chi connectivity index (χ3n) is 4.62. The van der Waals surface area contributed by atoms with Gasteiger partial charge in [0.25, 0.3) is 0 Å². The second kappa shape index (κ2) is 5.73. The molecule has 2 fully saturated rings. The molecular formula is C14H24N2O2S. The lowest BCUT2D eigenvalue weighted by molar-refractivity contribution is -0.146. The van der Waals surface area contributed by atoms with Gasteiger partial charge in [0, 0.05) is 11.3 Å². The van der Waals surface area contributed by atoms with Crippen molar-refractivity contribution in [2.45, 2.75) is 50.3 Å². The Balaban J connectivity index is 2.07. The molecule has 2 amide bonds. The van der Waals surface area contributed by atoms with Crippen LogP contribution < -0.4 is 5.32 Å². The van der Waals surface area contributed by atoms with Gasteiger partial charge in [-0.25, -0.2) is 0 Å². The molecule has 0 bridgehead atoms. The van der Waals surface area contributed by atoms with Gasteiger partial charge in [0.1, 0.15) is 6.04 Å². The lowest BCUT2D eigenvalue weighted by Crippen LogP contribution is -2.62. The van der Waals surface area contributed by atoms with Crippen LogP contribution in [0.4, 0.5) is 0 Å². The second-order valence-electron chi connectivity index (χ2n) is 5.87. The van der Waals surface area contributed by atoms with Crippen molar-refractivity contribution in [1.82, 2.24) is 10.2 Å². The summed E-state index contributed by atoms with van der Waals surface area (Å²) in [7, 11) is 0. The fraction of sp³-hybridized carbons (Fsp3) is 0.857. The number of hydrogen-bond acceptors (Lipinski definition) is 3. The molecule has 0 aromatic carbocycles. The molecule has 0 radical (unpaired) electrons. The lowest BCUT2D eigenvalue weighted by atomic mass is 9.83. The van der Waals surface area contributed by atoms with E-state index in [2.05, 4.69) is 18.5 Å². The van der Waals surface area contributed by atoms with Crippen LogP contribution in [-0.4, -0.2) is 46.8 Å². The van der Waals surface area contributed by atoms with Crippen molar-refractivity contribution < 1.29 is 9.59 Å². The van der Waals surface area contributed by atoms with Gasteiger partial charge in [-0.15, -0.1) is 0 Å². The van der Waals surface area contributed by atoms with Crippen LogP contribution in [0.25, 0.3) is 0 Å². The molecule has 1 N–H and O–H groups in total. The van der Waals surface area contributed by atoms with Crippen molar-refractivity contribution >= 4 is 23.6 Å². The van der Waals surface area contributed by atoms with Gasteiger partial charge in [-0.2, -0.15) is 11.8 Å². The number of amides is 2. The molecule has 2 rings (SSSR count). The summed E-state index contributed by atoms with van der Waals surface area (Å²) >= 11 is 1.85. The first kappa shape index (κ1) is 14.7. The van der Waals surface area contributed by atoms with E-state index in [9.17, 15) is 9.59 Å². The Morgan fingerprint density at radius 1 is 1.47 bits per heavy atom. The molecular weight excluding hydrogens is 260 g/mol. The molecule has 1 aliphatic heterocycles. The molecule has 1 saturated carbocycles. The van der Waals surface area contributed by atoms with Crippen LogP contribution >= 0.6 is 11.8 Å². The smallest absolute Gasteiger partial charge is 0.245 e. The summed E-state index contributed by atoms with van der Waals surface area (Å²) in [4.78, 5) is 26.1. The molecule has 0 spiro atoms. The van der Waals surface area contributed by atoms with E-state index in [1.807, 2.05) is 18.7 Å². The van der Waals surface area contributed by atoms with Crippen LogP contribution in [0.3, 0.4) is 0 Å². The Kier molecular flexibility index (Phi) is 4.43. The summed E-state index contributed by atoms with van der Waals surface area (Å²) in [5.41, 5.74) is 0. The van der Waals surface area contributed by atoms with Gasteiger partial charge < -0.3 is 10.2 Å². The topological polar surface area (TPSA) is 49.4 Å². The van der Waals surface area contributed by atoms with Crippen LogP contribution in [0.5, 0.6) is 0 Å². The normalized spacial score (nSPS) is 27.7. The molecule has 1 saturated heterocycles. The molecule has 19 heavy (non-hydrogen) atoms. The predicted octanol–water partition coefficient (Wildman–Crippen LogP) is 1.65. The molecule has 1 heterocycles. The number of nitrogens with zero attached hydrogens (tertiary/aromatic N) is 1. The Morgan fingerprint density at radius 2 is 2.16 bits per heavy atom. The van der Waals surface area contributed by atoms with Crippen molar-refractivity contribution in [3.8, 4) is 0 Å². The molecule has 0 aromatic rings. The van der Waals surface area contributed by atoms with Crippen molar-refractivity contribution in [3.05, 3.63) is 0 Å². The average molecular weight is 284 g/mol. The highest BCUT2D eigenvalue weighted by Gasteiger charge is 2.43. The van der Waals surface area contributed by atoms with Crippen molar-refractivity contribution in [2.75, 3.05) is 19.3 Å². The number of nitrogens with one attached hydrogen (secondary N) is 1. The van der Waals surface area contributed by atoms with Gasteiger partial charge >= 0.3 is 0 Å². The average Bonchev–Trinajstić information content (AvgIpc) is 2.36. The molecule has 2 aliphatic rings. The molecule has 108 valence electrons. The van der Waals surface area contributed by atoms with Gasteiger partial charge in [0.05, 0.1) is 6.54 Å². The highest BCUT2D eigenvalue weighted by molar-refractivity contribution is 8.00. The standard InChI is InChI=1S/C14H24N2O2S/c1-4-10(2)12-13(18)16(8-11(17)15-12)9-14(19-3)6-5-7-14/h10,12H,4-9H2,1-3H3,(H,15,17). The number of hydrogen-bond donors (Lipinski definition) is 1. The largest absolute Gasteiger partial charge is 0.342 e. The van der Waals surface area contributed by atoms with Crippen LogP contribution in [-0.2, 0) is 9.59 Å². The highest BCUT2D eigenvalue weighted by Crippen LogP contribution is 2.43. The van der Waals surface area contributed by atoms with E-state index in [1.165, 1.54) is 6.42 Å². The minimum Gasteiger partial charge on any atom is -0.342 e. The van der Waals surface area contributed by atoms with Gasteiger partial charge in [-0.1, -0.05) is 26.7 Å². The van der Waals surface area contributed by atoms with Crippen LogP contribution in [0.1, 0.15) is 39.5 Å². The fourth-order valence-corrected chi connectivity index (χ4v) is 3.81. The van der Waals surface area contributed by atoms with E-state index in [1.54, 1.807) is 4.90 Å². The van der Waals surface area contributed by atoms with Crippen molar-refractivity contribution in [2.24, 2.45) is 5.92 Å². The monoisotopic (exact) mass is 284 g/mol. The van der Waals surface area contributed by atoms with E-state index in [0.717, 1.165) is 25.8 Å². The van der Waals surface area contributed by atoms with Crippen LogP contribution in [0, 0.1) is 5.92 Å². The summed E-state index contributed by atoms with van der Waals surface area (Å²) in [5, 5.41) is 2.85. The SMILES string of the molecule is CCC(C)C1NC(=O)CN(CC2(SC)CCC2)C1=O. The molecule has 2 unspecified atom stereocenters. The van der Waals surface area contributed by atoms with E-state index in [-0.39, 0.29) is 35.1 Å². The van der Waals surface area contributed by atoms with E-state index in [4.69, 9.17) is 0 Å². The zero-order valence-corrected chi connectivity index (χ0v) is 12.9. The minimum absolute atomic E-state index is 0.0134. The number of carbonyl (C=O) groups excluding carboxylic acids is 2. The zero-order chi connectivity index (χ0) is 14.0. The van der Waals surface area contributed by atoms with E-state index >= 15 is 0 Å². The van der Waals surface area contributed by atoms with Crippen LogP contribution in [0.2, 0.25) is 0 Å². The predicted molar refractivity (Wildman–Crippen MR) is 78.1 cm³/mol. The molecule has 4 nitrogen and oxygen atoms in total. The summed E-state index contributed by atoms with van der Waals surface area (Å²) in [6, 6.07) is -0.328. The maximum absolute atomic E-state index is 12.5. The van der Waals surface area contributed by atoms with Gasteiger partial charge in [0.2, 0.25) is 11.8 Å². The second-order valence-corrected chi connectivity index (χ2v) is 7.14. The maximum atomic E-state index is 12.5. The highest BCUT2D eigenvalue weighted by atomic mass is 32.2. The summed E-state index contributed by atoms with van der Waals surface area (Å²) in [5.74, 6) is 0.292. The minimum atomic E-state index is -0.328. The van der Waals surface area contributed by atoms with E-state index < -0.39 is 0 Å². The van der Waals surface area contributed by atoms with Crippen molar-refractivity contribution in [1.29, 1.82) is 0 Å². The number of rotatable bonds is 5. The number of thioether (sulfide) groups is 1. The van der Waals surface area contributed by atoms with Gasteiger partial charge in [-0.3, -0.25) is 9.59 Å². The zero-order valence-electron chi connectivity index (χ0n) is 12.1. The quantitative estimate of drug-likeness (QED) is 0.835. The Hall–Kier alpha value is -0.710.